The number of nitrogens with one attached hydrogen (secondary N) is 1. The van der Waals surface area contributed by atoms with E-state index >= 15 is 0 Å². The number of nitriles is 1. The summed E-state index contributed by atoms with van der Waals surface area (Å²) in [5.41, 5.74) is 5.21. The molecule has 2 rings (SSSR count). The lowest BCUT2D eigenvalue weighted by molar-refractivity contribution is -0.122. The third-order valence-electron chi connectivity index (χ3n) is 3.57. The van der Waals surface area contributed by atoms with Crippen LogP contribution in [0.25, 0.3) is 0 Å². The fourth-order valence-corrected chi connectivity index (χ4v) is 2.40. The first kappa shape index (κ1) is 13.5. The predicted octanol–water partition coefficient (Wildman–Crippen LogP) is 2.30. The fraction of sp³-hybridized carbons (Fsp3) is 0.429. The average Bonchev–Trinajstić information content (AvgIpc) is 2.40. The summed E-state index contributed by atoms with van der Waals surface area (Å²) in [4.78, 5) is 12.2. The lowest BCUT2D eigenvalue weighted by Crippen LogP contribution is -2.52. The number of anilines is 1. The number of nitrogens with two attached hydrogens (primary N) is 1. The zero-order valence-electron chi connectivity index (χ0n) is 10.6. The molecule has 1 amide bonds. The summed E-state index contributed by atoms with van der Waals surface area (Å²) in [6.07, 6.45) is 4.15. The first-order valence-corrected chi connectivity index (χ1v) is 6.36. The zero-order valence-corrected chi connectivity index (χ0v) is 10.6. The Labute approximate surface area is 111 Å². The quantitative estimate of drug-likeness (QED) is 0.857. The van der Waals surface area contributed by atoms with Crippen LogP contribution < -0.4 is 11.1 Å². The van der Waals surface area contributed by atoms with E-state index in [4.69, 9.17) is 11.0 Å². The SMILES string of the molecule is N#Cc1c(F)cccc1NC(=O)C1(N)CCCCC1. The number of hydrogen-bond donors (Lipinski definition) is 2. The molecule has 100 valence electrons. The molecule has 0 radical (unpaired) electrons. The molecule has 4 nitrogen and oxygen atoms in total. The highest BCUT2D eigenvalue weighted by atomic mass is 19.1. The van der Waals surface area contributed by atoms with Crippen molar-refractivity contribution in [2.24, 2.45) is 5.73 Å². The highest BCUT2D eigenvalue weighted by molar-refractivity contribution is 5.98. The molecule has 0 saturated heterocycles. The lowest BCUT2D eigenvalue weighted by Gasteiger charge is -2.31. The number of rotatable bonds is 2. The molecule has 0 bridgehead atoms. The van der Waals surface area contributed by atoms with Crippen LogP contribution in [0.5, 0.6) is 0 Å². The Kier molecular flexibility index (Phi) is 3.82. The smallest absolute Gasteiger partial charge is 0.244 e. The minimum Gasteiger partial charge on any atom is -0.323 e. The van der Waals surface area contributed by atoms with Crippen LogP contribution in [0, 0.1) is 17.1 Å². The third kappa shape index (κ3) is 2.74. The van der Waals surface area contributed by atoms with E-state index in [9.17, 15) is 9.18 Å². The summed E-state index contributed by atoms with van der Waals surface area (Å²) < 4.78 is 13.4. The molecule has 0 aromatic heterocycles. The summed E-state index contributed by atoms with van der Waals surface area (Å²) in [5.74, 6) is -0.982. The molecule has 19 heavy (non-hydrogen) atoms. The van der Waals surface area contributed by atoms with Gasteiger partial charge in [-0.25, -0.2) is 4.39 Å². The third-order valence-corrected chi connectivity index (χ3v) is 3.57. The van der Waals surface area contributed by atoms with Gasteiger partial charge in [-0.05, 0) is 25.0 Å². The van der Waals surface area contributed by atoms with Crippen LogP contribution in [-0.2, 0) is 4.79 Å². The van der Waals surface area contributed by atoms with Gasteiger partial charge in [-0.1, -0.05) is 25.3 Å². The minimum atomic E-state index is -0.905. The van der Waals surface area contributed by atoms with Gasteiger partial charge >= 0.3 is 0 Å². The van der Waals surface area contributed by atoms with Crippen LogP contribution in [-0.4, -0.2) is 11.4 Å². The highest BCUT2D eigenvalue weighted by Crippen LogP contribution is 2.28. The monoisotopic (exact) mass is 261 g/mol. The molecule has 1 aliphatic rings. The Morgan fingerprint density at radius 1 is 1.37 bits per heavy atom. The molecule has 0 heterocycles. The van der Waals surface area contributed by atoms with Crippen molar-refractivity contribution in [2.75, 3.05) is 5.32 Å². The van der Waals surface area contributed by atoms with Gasteiger partial charge in [0.2, 0.25) is 5.91 Å². The molecule has 1 aromatic carbocycles. The van der Waals surface area contributed by atoms with Crippen molar-refractivity contribution in [1.82, 2.24) is 0 Å². The standard InChI is InChI=1S/C14H16FN3O/c15-11-5-4-6-12(10(11)9-16)18-13(19)14(17)7-2-1-3-8-14/h4-6H,1-3,7-8,17H2,(H,18,19). The topological polar surface area (TPSA) is 78.9 Å². The van der Waals surface area contributed by atoms with Gasteiger partial charge in [-0.15, -0.1) is 0 Å². The normalized spacial score (nSPS) is 17.5. The van der Waals surface area contributed by atoms with Gasteiger partial charge < -0.3 is 11.1 Å². The van der Waals surface area contributed by atoms with Crippen LogP contribution in [0.3, 0.4) is 0 Å². The Morgan fingerprint density at radius 2 is 2.05 bits per heavy atom. The first-order chi connectivity index (χ1) is 9.07. The summed E-state index contributed by atoms with van der Waals surface area (Å²) in [6, 6.07) is 5.90. The van der Waals surface area contributed by atoms with Crippen LogP contribution >= 0.6 is 0 Å². The maximum absolute atomic E-state index is 13.4. The molecule has 0 atom stereocenters. The maximum Gasteiger partial charge on any atom is 0.244 e. The molecule has 0 aliphatic heterocycles. The summed E-state index contributed by atoms with van der Waals surface area (Å²) in [6.45, 7) is 0. The van der Waals surface area contributed by atoms with Crippen LogP contribution in [0.1, 0.15) is 37.7 Å². The number of amides is 1. The number of hydrogen-bond acceptors (Lipinski definition) is 3. The van der Waals surface area contributed by atoms with Gasteiger partial charge in [0, 0.05) is 0 Å². The van der Waals surface area contributed by atoms with Gasteiger partial charge in [0.1, 0.15) is 17.4 Å². The van der Waals surface area contributed by atoms with Crippen molar-refractivity contribution >= 4 is 11.6 Å². The van der Waals surface area contributed by atoms with Crippen molar-refractivity contribution in [2.45, 2.75) is 37.6 Å². The molecular formula is C14H16FN3O. The first-order valence-electron chi connectivity index (χ1n) is 6.36. The van der Waals surface area contributed by atoms with E-state index in [-0.39, 0.29) is 17.2 Å². The van der Waals surface area contributed by atoms with E-state index < -0.39 is 11.4 Å². The molecule has 0 unspecified atom stereocenters. The van der Waals surface area contributed by atoms with E-state index in [1.54, 1.807) is 6.07 Å². The van der Waals surface area contributed by atoms with E-state index in [1.807, 2.05) is 0 Å². The van der Waals surface area contributed by atoms with Crippen molar-refractivity contribution in [1.29, 1.82) is 5.26 Å². The second kappa shape index (κ2) is 5.37. The minimum absolute atomic E-state index is 0.157. The summed E-state index contributed by atoms with van der Waals surface area (Å²) in [5, 5.41) is 11.5. The van der Waals surface area contributed by atoms with Gasteiger partial charge in [0.25, 0.3) is 0 Å². The van der Waals surface area contributed by atoms with E-state index in [0.29, 0.717) is 12.8 Å². The molecule has 3 N–H and O–H groups in total. The zero-order chi connectivity index (χ0) is 13.9. The number of nitrogens with zero attached hydrogens (tertiary/aromatic N) is 1. The van der Waals surface area contributed by atoms with Crippen molar-refractivity contribution in [3.05, 3.63) is 29.6 Å². The molecule has 0 spiro atoms. The highest BCUT2D eigenvalue weighted by Gasteiger charge is 2.35. The van der Waals surface area contributed by atoms with Crippen molar-refractivity contribution < 1.29 is 9.18 Å². The molecule has 1 aromatic rings. The molecule has 1 aliphatic carbocycles. The molecule has 1 fully saturated rings. The largest absolute Gasteiger partial charge is 0.323 e. The predicted molar refractivity (Wildman–Crippen MR) is 69.7 cm³/mol. The fourth-order valence-electron chi connectivity index (χ4n) is 2.40. The second-order valence-corrected chi connectivity index (χ2v) is 4.95. The number of carbonyl (C=O) groups excluding carboxylic acids is 1. The average molecular weight is 261 g/mol. The van der Waals surface area contributed by atoms with Crippen molar-refractivity contribution in [3.8, 4) is 6.07 Å². The maximum atomic E-state index is 13.4. The molecular weight excluding hydrogens is 245 g/mol. The number of benzene rings is 1. The number of halogens is 1. The van der Waals surface area contributed by atoms with Gasteiger partial charge in [-0.2, -0.15) is 5.26 Å². The van der Waals surface area contributed by atoms with E-state index in [0.717, 1.165) is 19.3 Å². The molecule has 5 heteroatoms. The van der Waals surface area contributed by atoms with Gasteiger partial charge in [0.15, 0.2) is 0 Å². The second-order valence-electron chi connectivity index (χ2n) is 4.95. The summed E-state index contributed by atoms with van der Waals surface area (Å²) >= 11 is 0. The molecule has 1 saturated carbocycles. The van der Waals surface area contributed by atoms with Crippen LogP contribution in [0.4, 0.5) is 10.1 Å². The van der Waals surface area contributed by atoms with Gasteiger partial charge in [-0.3, -0.25) is 4.79 Å². The van der Waals surface area contributed by atoms with E-state index in [1.165, 1.54) is 18.2 Å². The Bertz CT molecular complexity index is 530. The Balaban J connectivity index is 2.20. The summed E-state index contributed by atoms with van der Waals surface area (Å²) in [7, 11) is 0. The Morgan fingerprint density at radius 3 is 2.68 bits per heavy atom. The lowest BCUT2D eigenvalue weighted by atomic mass is 9.82. The van der Waals surface area contributed by atoms with E-state index in [2.05, 4.69) is 5.32 Å². The van der Waals surface area contributed by atoms with Crippen LogP contribution in [0.15, 0.2) is 18.2 Å². The van der Waals surface area contributed by atoms with Crippen LogP contribution in [0.2, 0.25) is 0 Å². The Hall–Kier alpha value is -1.93. The van der Waals surface area contributed by atoms with Crippen molar-refractivity contribution in [3.63, 3.8) is 0 Å². The van der Waals surface area contributed by atoms with Gasteiger partial charge in [0.05, 0.1) is 11.2 Å². The number of carbonyl (C=O) groups is 1.